The summed E-state index contributed by atoms with van der Waals surface area (Å²) in [5.41, 5.74) is 2.92. The number of para-hydroxylation sites is 1. The maximum atomic E-state index is 3.59. The van der Waals surface area contributed by atoms with E-state index in [-0.39, 0.29) is 0 Å². The highest BCUT2D eigenvalue weighted by Gasteiger charge is 2.21. The number of hydrogen-bond acceptors (Lipinski definition) is 2. The lowest BCUT2D eigenvalue weighted by atomic mass is 9.98. The predicted molar refractivity (Wildman–Crippen MR) is 79.4 cm³/mol. The van der Waals surface area contributed by atoms with Crippen LogP contribution in [0.3, 0.4) is 0 Å². The van der Waals surface area contributed by atoms with Crippen LogP contribution in [0.2, 0.25) is 0 Å². The zero-order valence-corrected chi connectivity index (χ0v) is 11.9. The summed E-state index contributed by atoms with van der Waals surface area (Å²) in [5, 5.41) is 3.59. The minimum absolute atomic E-state index is 0.598. The number of anilines is 1. The van der Waals surface area contributed by atoms with Crippen LogP contribution in [0.1, 0.15) is 45.1 Å². The molecule has 1 aromatic rings. The summed E-state index contributed by atoms with van der Waals surface area (Å²) < 4.78 is 0. The summed E-state index contributed by atoms with van der Waals surface area (Å²) in [4.78, 5) is 2.56. The molecule has 1 aliphatic heterocycles. The summed E-state index contributed by atoms with van der Waals surface area (Å²) in [5.74, 6) is 0.598. The molecule has 0 bridgehead atoms. The van der Waals surface area contributed by atoms with Crippen molar-refractivity contribution in [1.82, 2.24) is 5.32 Å². The van der Waals surface area contributed by atoms with E-state index in [1.165, 1.54) is 30.6 Å². The second-order valence-electron chi connectivity index (χ2n) is 5.56. The third-order valence-electron chi connectivity index (χ3n) is 3.81. The van der Waals surface area contributed by atoms with Gasteiger partial charge in [-0.1, -0.05) is 39.0 Å². The molecule has 0 aromatic heterocycles. The van der Waals surface area contributed by atoms with E-state index >= 15 is 0 Å². The Morgan fingerprint density at radius 3 is 2.83 bits per heavy atom. The molecule has 1 atom stereocenters. The van der Waals surface area contributed by atoms with Crippen molar-refractivity contribution in [2.75, 3.05) is 24.5 Å². The summed E-state index contributed by atoms with van der Waals surface area (Å²) in [7, 11) is 0. The topological polar surface area (TPSA) is 15.3 Å². The summed E-state index contributed by atoms with van der Waals surface area (Å²) in [6.45, 7) is 10.2. The van der Waals surface area contributed by atoms with Gasteiger partial charge >= 0.3 is 0 Å². The van der Waals surface area contributed by atoms with Gasteiger partial charge in [-0.25, -0.2) is 0 Å². The second-order valence-corrected chi connectivity index (χ2v) is 5.56. The van der Waals surface area contributed by atoms with E-state index in [4.69, 9.17) is 0 Å². The number of benzene rings is 1. The Morgan fingerprint density at radius 1 is 1.33 bits per heavy atom. The molecule has 1 unspecified atom stereocenters. The molecule has 1 saturated heterocycles. The largest absolute Gasteiger partial charge is 0.370 e. The van der Waals surface area contributed by atoms with Crippen molar-refractivity contribution in [2.24, 2.45) is 0 Å². The van der Waals surface area contributed by atoms with Gasteiger partial charge in [0.1, 0.15) is 0 Å². The minimum Gasteiger partial charge on any atom is -0.370 e. The molecule has 0 saturated carbocycles. The van der Waals surface area contributed by atoms with Gasteiger partial charge in [0.15, 0.2) is 0 Å². The van der Waals surface area contributed by atoms with Gasteiger partial charge in [0.2, 0.25) is 0 Å². The van der Waals surface area contributed by atoms with E-state index in [1.54, 1.807) is 0 Å². The molecule has 2 nitrogen and oxygen atoms in total. The van der Waals surface area contributed by atoms with Crippen molar-refractivity contribution in [3.8, 4) is 0 Å². The third-order valence-corrected chi connectivity index (χ3v) is 3.81. The van der Waals surface area contributed by atoms with E-state index in [2.05, 4.69) is 55.3 Å². The molecule has 100 valence electrons. The molecule has 0 amide bonds. The molecule has 1 N–H and O–H groups in total. The van der Waals surface area contributed by atoms with Gasteiger partial charge in [0.05, 0.1) is 0 Å². The van der Waals surface area contributed by atoms with Crippen molar-refractivity contribution >= 4 is 5.69 Å². The van der Waals surface area contributed by atoms with Gasteiger partial charge in [-0.05, 0) is 36.9 Å². The zero-order valence-electron chi connectivity index (χ0n) is 11.9. The number of rotatable bonds is 4. The van der Waals surface area contributed by atoms with Crippen LogP contribution >= 0.6 is 0 Å². The van der Waals surface area contributed by atoms with Crippen molar-refractivity contribution in [3.63, 3.8) is 0 Å². The molecule has 0 aliphatic carbocycles. The van der Waals surface area contributed by atoms with Crippen molar-refractivity contribution in [3.05, 3.63) is 29.8 Å². The van der Waals surface area contributed by atoms with E-state index in [1.807, 2.05) is 0 Å². The van der Waals surface area contributed by atoms with Crippen LogP contribution in [0.4, 0.5) is 5.69 Å². The molecule has 2 heteroatoms. The van der Waals surface area contributed by atoms with Gasteiger partial charge < -0.3 is 10.2 Å². The molecule has 2 rings (SSSR count). The fourth-order valence-corrected chi connectivity index (χ4v) is 2.91. The minimum atomic E-state index is 0.598. The van der Waals surface area contributed by atoms with Gasteiger partial charge in [0.25, 0.3) is 0 Å². The number of piperidine rings is 1. The monoisotopic (exact) mass is 246 g/mol. The first-order valence-electron chi connectivity index (χ1n) is 7.29. The Labute approximate surface area is 111 Å². The van der Waals surface area contributed by atoms with Gasteiger partial charge in [-0.2, -0.15) is 0 Å². The number of likely N-dealkylation sites (N-methyl/N-ethyl adjacent to an activating group) is 1. The first-order valence-corrected chi connectivity index (χ1v) is 7.29. The van der Waals surface area contributed by atoms with Crippen molar-refractivity contribution in [2.45, 2.75) is 45.6 Å². The zero-order chi connectivity index (χ0) is 13.0. The molecular weight excluding hydrogens is 220 g/mol. The molecule has 18 heavy (non-hydrogen) atoms. The fourth-order valence-electron chi connectivity index (χ4n) is 2.91. The van der Waals surface area contributed by atoms with E-state index in [0.29, 0.717) is 12.0 Å². The standard InChI is InChI=1S/C16H26N2/c1-4-17-14-8-7-11-18(12-14)16-10-6-5-9-15(16)13(2)3/h5-6,9-10,13-14,17H,4,7-8,11-12H2,1-3H3. The Balaban J connectivity index is 2.15. The van der Waals surface area contributed by atoms with Gasteiger partial charge in [0, 0.05) is 24.8 Å². The molecule has 1 aromatic carbocycles. The normalized spacial score (nSPS) is 20.4. The smallest absolute Gasteiger partial charge is 0.0401 e. The Kier molecular flexibility index (Phi) is 4.65. The summed E-state index contributed by atoms with van der Waals surface area (Å²) in [6.07, 6.45) is 2.61. The van der Waals surface area contributed by atoms with Crippen LogP contribution in [0.5, 0.6) is 0 Å². The predicted octanol–water partition coefficient (Wildman–Crippen LogP) is 3.39. The Hall–Kier alpha value is -1.02. The van der Waals surface area contributed by atoms with Crippen LogP contribution in [0.15, 0.2) is 24.3 Å². The van der Waals surface area contributed by atoms with Crippen molar-refractivity contribution in [1.29, 1.82) is 0 Å². The highest BCUT2D eigenvalue weighted by molar-refractivity contribution is 5.55. The molecule has 0 radical (unpaired) electrons. The molecule has 1 fully saturated rings. The van der Waals surface area contributed by atoms with Crippen LogP contribution in [-0.2, 0) is 0 Å². The van der Waals surface area contributed by atoms with Crippen LogP contribution in [0.25, 0.3) is 0 Å². The third kappa shape index (κ3) is 3.05. The molecule has 1 aliphatic rings. The average Bonchev–Trinajstić information content (AvgIpc) is 2.39. The highest BCUT2D eigenvalue weighted by atomic mass is 15.2. The first kappa shape index (κ1) is 13.4. The van der Waals surface area contributed by atoms with Gasteiger partial charge in [-0.3, -0.25) is 0 Å². The summed E-state index contributed by atoms with van der Waals surface area (Å²) in [6, 6.07) is 9.53. The lowest BCUT2D eigenvalue weighted by Gasteiger charge is -2.36. The van der Waals surface area contributed by atoms with E-state index in [0.717, 1.165) is 13.1 Å². The lowest BCUT2D eigenvalue weighted by molar-refractivity contribution is 0.430. The lowest BCUT2D eigenvalue weighted by Crippen LogP contribution is -2.46. The van der Waals surface area contributed by atoms with Crippen LogP contribution in [-0.4, -0.2) is 25.7 Å². The maximum Gasteiger partial charge on any atom is 0.0401 e. The Morgan fingerprint density at radius 2 is 2.11 bits per heavy atom. The number of nitrogens with one attached hydrogen (secondary N) is 1. The quantitative estimate of drug-likeness (QED) is 0.876. The number of nitrogens with zero attached hydrogens (tertiary/aromatic N) is 1. The second kappa shape index (κ2) is 6.24. The van der Waals surface area contributed by atoms with Crippen LogP contribution in [0, 0.1) is 0 Å². The van der Waals surface area contributed by atoms with Crippen molar-refractivity contribution < 1.29 is 0 Å². The van der Waals surface area contributed by atoms with Gasteiger partial charge in [-0.15, -0.1) is 0 Å². The molecule has 0 spiro atoms. The van der Waals surface area contributed by atoms with E-state index in [9.17, 15) is 0 Å². The SMILES string of the molecule is CCNC1CCCN(c2ccccc2C(C)C)C1. The first-order chi connectivity index (χ1) is 8.72. The van der Waals surface area contributed by atoms with E-state index < -0.39 is 0 Å². The summed E-state index contributed by atoms with van der Waals surface area (Å²) >= 11 is 0. The maximum absolute atomic E-state index is 3.59. The Bertz CT molecular complexity index is 371. The highest BCUT2D eigenvalue weighted by Crippen LogP contribution is 2.29. The molecular formula is C16H26N2. The number of hydrogen-bond donors (Lipinski definition) is 1. The average molecular weight is 246 g/mol. The molecule has 1 heterocycles. The van der Waals surface area contributed by atoms with Crippen LogP contribution < -0.4 is 10.2 Å². The fraction of sp³-hybridized carbons (Fsp3) is 0.625.